The molecule has 0 aliphatic heterocycles. The van der Waals surface area contributed by atoms with Crippen molar-refractivity contribution in [3.63, 3.8) is 0 Å². The van der Waals surface area contributed by atoms with Crippen LogP contribution in [0.4, 0.5) is 5.69 Å². The minimum Gasteiger partial charge on any atom is -0.497 e. The molecule has 0 aromatic heterocycles. The Balaban J connectivity index is 2.31. The molecule has 1 unspecified atom stereocenters. The van der Waals surface area contributed by atoms with Gasteiger partial charge in [-0.2, -0.15) is 0 Å². The first kappa shape index (κ1) is 15.5. The second kappa shape index (κ2) is 6.70. The third-order valence-electron chi connectivity index (χ3n) is 2.94. The average Bonchev–Trinajstić information content (AvgIpc) is 2.48. The highest BCUT2D eigenvalue weighted by Crippen LogP contribution is 2.32. The van der Waals surface area contributed by atoms with Crippen LogP contribution in [0.1, 0.15) is 11.6 Å². The molecule has 0 radical (unpaired) electrons. The van der Waals surface area contributed by atoms with Crippen molar-refractivity contribution in [3.05, 3.63) is 58.1 Å². The van der Waals surface area contributed by atoms with Gasteiger partial charge >= 0.3 is 5.97 Å². The van der Waals surface area contributed by atoms with Crippen LogP contribution in [0, 0.1) is 0 Å². The molecule has 2 rings (SSSR count). The van der Waals surface area contributed by atoms with E-state index in [1.165, 1.54) is 0 Å². The van der Waals surface area contributed by atoms with Crippen LogP contribution in [0.3, 0.4) is 0 Å². The fourth-order valence-electron chi connectivity index (χ4n) is 1.87. The lowest BCUT2D eigenvalue weighted by Gasteiger charge is -2.18. The highest BCUT2D eigenvalue weighted by atomic mass is 35.5. The maximum absolute atomic E-state index is 11.5. The zero-order chi connectivity index (χ0) is 15.4. The minimum atomic E-state index is -1.05. The summed E-state index contributed by atoms with van der Waals surface area (Å²) in [4.78, 5) is 11.5. The Labute approximate surface area is 132 Å². The van der Waals surface area contributed by atoms with Gasteiger partial charge in [-0.05, 0) is 30.3 Å². The van der Waals surface area contributed by atoms with Crippen LogP contribution in [0.25, 0.3) is 0 Å². The Bertz CT molecular complexity index is 644. The molecule has 6 heteroatoms. The number of methoxy groups -OCH3 is 1. The molecule has 1 atom stereocenters. The predicted molar refractivity (Wildman–Crippen MR) is 83.5 cm³/mol. The van der Waals surface area contributed by atoms with Crippen LogP contribution in [0.2, 0.25) is 10.0 Å². The number of hydrogen-bond acceptors (Lipinski definition) is 3. The van der Waals surface area contributed by atoms with E-state index in [1.54, 1.807) is 49.6 Å². The molecule has 0 aliphatic carbocycles. The minimum absolute atomic E-state index is 0.229. The third-order valence-corrected chi connectivity index (χ3v) is 3.77. The van der Waals surface area contributed by atoms with E-state index in [0.717, 1.165) is 0 Å². The van der Waals surface area contributed by atoms with Crippen molar-refractivity contribution in [2.75, 3.05) is 12.4 Å². The number of nitrogens with one attached hydrogen (secondary N) is 1. The lowest BCUT2D eigenvalue weighted by Crippen LogP contribution is -2.20. The van der Waals surface area contributed by atoms with Crippen LogP contribution in [-0.4, -0.2) is 18.2 Å². The molecule has 0 spiro atoms. The number of anilines is 1. The monoisotopic (exact) mass is 325 g/mol. The van der Waals surface area contributed by atoms with Gasteiger partial charge in [-0.3, -0.25) is 0 Å². The van der Waals surface area contributed by atoms with Crippen LogP contribution in [0.15, 0.2) is 42.5 Å². The summed E-state index contributed by atoms with van der Waals surface area (Å²) in [5.74, 6) is -0.358. The van der Waals surface area contributed by atoms with Crippen molar-refractivity contribution < 1.29 is 14.6 Å². The average molecular weight is 326 g/mol. The van der Waals surface area contributed by atoms with Gasteiger partial charge < -0.3 is 15.2 Å². The summed E-state index contributed by atoms with van der Waals surface area (Å²) in [6, 6.07) is 10.8. The van der Waals surface area contributed by atoms with Crippen LogP contribution in [-0.2, 0) is 4.79 Å². The molecular formula is C15H13Cl2NO3. The predicted octanol–water partition coefficient (Wildman–Crippen LogP) is 4.24. The topological polar surface area (TPSA) is 58.6 Å². The molecule has 0 heterocycles. The van der Waals surface area contributed by atoms with Crippen molar-refractivity contribution in [1.29, 1.82) is 0 Å². The molecule has 0 saturated heterocycles. The number of hydrogen-bond donors (Lipinski definition) is 2. The number of halogens is 2. The standard InChI is InChI=1S/C15H13Cl2NO3/c1-21-10-7-5-9(6-8-10)18-14(15(19)20)11-3-2-4-12(16)13(11)17/h2-8,14,18H,1H3,(H,19,20). The van der Waals surface area contributed by atoms with Gasteiger partial charge in [-0.15, -0.1) is 0 Å². The third kappa shape index (κ3) is 3.60. The Hall–Kier alpha value is -1.91. The molecule has 0 aliphatic rings. The Kier molecular flexibility index (Phi) is 4.94. The molecule has 2 aromatic carbocycles. The first-order valence-corrected chi connectivity index (χ1v) is 6.86. The summed E-state index contributed by atoms with van der Waals surface area (Å²) >= 11 is 12.0. The van der Waals surface area contributed by atoms with Gasteiger partial charge in [0.1, 0.15) is 5.75 Å². The molecule has 0 fully saturated rings. The first-order chi connectivity index (χ1) is 10.0. The lowest BCUT2D eigenvalue weighted by molar-refractivity contribution is -0.138. The molecule has 21 heavy (non-hydrogen) atoms. The van der Waals surface area contributed by atoms with Crippen molar-refractivity contribution in [2.24, 2.45) is 0 Å². The summed E-state index contributed by atoms with van der Waals surface area (Å²) in [5, 5.41) is 12.9. The normalized spacial score (nSPS) is 11.8. The molecule has 0 saturated carbocycles. The van der Waals surface area contributed by atoms with E-state index in [1.807, 2.05) is 0 Å². The second-order valence-electron chi connectivity index (χ2n) is 4.29. The quantitative estimate of drug-likeness (QED) is 0.863. The summed E-state index contributed by atoms with van der Waals surface area (Å²) in [7, 11) is 1.56. The van der Waals surface area contributed by atoms with Gasteiger partial charge in [0, 0.05) is 11.3 Å². The van der Waals surface area contributed by atoms with E-state index in [-0.39, 0.29) is 5.02 Å². The summed E-state index contributed by atoms with van der Waals surface area (Å²) < 4.78 is 5.06. The number of benzene rings is 2. The van der Waals surface area contributed by atoms with Gasteiger partial charge in [0.2, 0.25) is 0 Å². The summed E-state index contributed by atoms with van der Waals surface area (Å²) in [6.07, 6.45) is 0. The number of ether oxygens (including phenoxy) is 1. The zero-order valence-corrected chi connectivity index (χ0v) is 12.7. The molecule has 110 valence electrons. The SMILES string of the molecule is COc1ccc(NC(C(=O)O)c2cccc(Cl)c2Cl)cc1. The Morgan fingerprint density at radius 2 is 1.86 bits per heavy atom. The van der Waals surface area contributed by atoms with Crippen molar-refractivity contribution in [3.8, 4) is 5.75 Å². The smallest absolute Gasteiger partial charge is 0.330 e. The number of carbonyl (C=O) groups is 1. The molecular weight excluding hydrogens is 313 g/mol. The van der Waals surface area contributed by atoms with Crippen LogP contribution >= 0.6 is 23.2 Å². The van der Waals surface area contributed by atoms with E-state index in [0.29, 0.717) is 22.0 Å². The molecule has 2 N–H and O–H groups in total. The molecule has 0 amide bonds. The van der Waals surface area contributed by atoms with Gasteiger partial charge in [0.05, 0.1) is 17.2 Å². The van der Waals surface area contributed by atoms with Crippen molar-refractivity contribution >= 4 is 34.9 Å². The highest BCUT2D eigenvalue weighted by molar-refractivity contribution is 6.42. The summed E-state index contributed by atoms with van der Waals surface area (Å²) in [5.41, 5.74) is 1.05. The fourth-order valence-corrected chi connectivity index (χ4v) is 2.29. The van der Waals surface area contributed by atoms with E-state index in [4.69, 9.17) is 27.9 Å². The van der Waals surface area contributed by atoms with Gasteiger partial charge in [0.25, 0.3) is 0 Å². The Morgan fingerprint density at radius 1 is 1.19 bits per heavy atom. The van der Waals surface area contributed by atoms with Gasteiger partial charge in [0.15, 0.2) is 6.04 Å². The number of carboxylic acids is 1. The summed E-state index contributed by atoms with van der Waals surface area (Å²) in [6.45, 7) is 0. The highest BCUT2D eigenvalue weighted by Gasteiger charge is 2.23. The molecule has 2 aromatic rings. The Morgan fingerprint density at radius 3 is 2.43 bits per heavy atom. The maximum atomic E-state index is 11.5. The van der Waals surface area contributed by atoms with E-state index < -0.39 is 12.0 Å². The van der Waals surface area contributed by atoms with E-state index in [9.17, 15) is 9.90 Å². The van der Waals surface area contributed by atoms with Gasteiger partial charge in [-0.25, -0.2) is 4.79 Å². The number of aliphatic carboxylic acids is 1. The van der Waals surface area contributed by atoms with E-state index >= 15 is 0 Å². The fraction of sp³-hybridized carbons (Fsp3) is 0.133. The van der Waals surface area contributed by atoms with Crippen LogP contribution in [0.5, 0.6) is 5.75 Å². The van der Waals surface area contributed by atoms with Gasteiger partial charge in [-0.1, -0.05) is 35.3 Å². The largest absolute Gasteiger partial charge is 0.497 e. The van der Waals surface area contributed by atoms with Crippen molar-refractivity contribution in [2.45, 2.75) is 6.04 Å². The first-order valence-electron chi connectivity index (χ1n) is 6.10. The number of carboxylic acid groups (broad SMARTS) is 1. The maximum Gasteiger partial charge on any atom is 0.330 e. The zero-order valence-electron chi connectivity index (χ0n) is 11.1. The van der Waals surface area contributed by atoms with Crippen molar-refractivity contribution in [1.82, 2.24) is 0 Å². The number of rotatable bonds is 5. The molecule has 4 nitrogen and oxygen atoms in total. The van der Waals surface area contributed by atoms with E-state index in [2.05, 4.69) is 5.32 Å². The molecule has 0 bridgehead atoms. The lowest BCUT2D eigenvalue weighted by atomic mass is 10.1. The van der Waals surface area contributed by atoms with Crippen LogP contribution < -0.4 is 10.1 Å². The second-order valence-corrected chi connectivity index (χ2v) is 5.07.